The molecule has 3 N–H and O–H groups in total. The van der Waals surface area contributed by atoms with Crippen molar-refractivity contribution in [2.24, 2.45) is 5.73 Å². The van der Waals surface area contributed by atoms with Crippen LogP contribution in [0.15, 0.2) is 16.5 Å². The molecule has 2 aliphatic rings. The fourth-order valence-corrected chi connectivity index (χ4v) is 3.88. The van der Waals surface area contributed by atoms with Gasteiger partial charge in [-0.2, -0.15) is 0 Å². The molecule has 2 amide bonds. The van der Waals surface area contributed by atoms with Gasteiger partial charge in [0, 0.05) is 0 Å². The maximum absolute atomic E-state index is 12.5. The largest absolute Gasteiger partial charge is 0.454 e. The first-order valence-electron chi connectivity index (χ1n) is 8.98. The number of hydrogen-bond donors (Lipinski definition) is 2. The molecule has 2 heterocycles. The van der Waals surface area contributed by atoms with Crippen LogP contribution in [0.1, 0.15) is 74.2 Å². The van der Waals surface area contributed by atoms with E-state index in [1.54, 1.807) is 6.07 Å². The minimum absolute atomic E-state index is 0.156. The van der Waals surface area contributed by atoms with Gasteiger partial charge in [-0.3, -0.25) is 14.5 Å². The molecule has 0 aromatic carbocycles. The van der Waals surface area contributed by atoms with Crippen molar-refractivity contribution >= 4 is 11.8 Å². The van der Waals surface area contributed by atoms with Crippen molar-refractivity contribution in [3.63, 3.8) is 0 Å². The molecule has 1 aromatic rings. The van der Waals surface area contributed by atoms with Crippen molar-refractivity contribution < 1.29 is 14.0 Å². The summed E-state index contributed by atoms with van der Waals surface area (Å²) in [6.45, 7) is 4.23. The highest BCUT2D eigenvalue weighted by atomic mass is 16.4. The van der Waals surface area contributed by atoms with Crippen LogP contribution < -0.4 is 11.1 Å². The SMILES string of the molecule is C[C@@H](c1ccc(C(=O)NC2(C(N)=O)CCCC2)o1)N1CCCCC1. The molecule has 6 heteroatoms. The molecule has 24 heavy (non-hydrogen) atoms. The number of nitrogens with zero attached hydrogens (tertiary/aromatic N) is 1. The third-order valence-corrected chi connectivity index (χ3v) is 5.48. The number of nitrogens with two attached hydrogens (primary N) is 1. The van der Waals surface area contributed by atoms with E-state index in [-0.39, 0.29) is 17.7 Å². The standard InChI is InChI=1S/C18H27N3O3/c1-13(21-11-5-2-6-12-21)14-7-8-15(24-14)16(22)20-18(17(19)23)9-3-4-10-18/h7-8,13H,2-6,9-12H2,1H3,(H2,19,23)(H,20,22)/t13-/m0/s1. The van der Waals surface area contributed by atoms with E-state index in [1.807, 2.05) is 6.07 Å². The molecule has 1 aliphatic heterocycles. The Labute approximate surface area is 142 Å². The second-order valence-electron chi connectivity index (χ2n) is 7.08. The van der Waals surface area contributed by atoms with Crippen LogP contribution in [0.5, 0.6) is 0 Å². The highest BCUT2D eigenvalue weighted by molar-refractivity contribution is 5.97. The first-order chi connectivity index (χ1) is 11.5. The van der Waals surface area contributed by atoms with Crippen LogP contribution in [0, 0.1) is 0 Å². The van der Waals surface area contributed by atoms with E-state index in [4.69, 9.17) is 10.2 Å². The van der Waals surface area contributed by atoms with Crippen molar-refractivity contribution in [2.75, 3.05) is 13.1 Å². The summed E-state index contributed by atoms with van der Waals surface area (Å²) >= 11 is 0. The van der Waals surface area contributed by atoms with Gasteiger partial charge in [-0.05, 0) is 57.8 Å². The second-order valence-corrected chi connectivity index (χ2v) is 7.08. The summed E-state index contributed by atoms with van der Waals surface area (Å²) in [5, 5.41) is 2.82. The molecule has 1 aliphatic carbocycles. The van der Waals surface area contributed by atoms with Crippen molar-refractivity contribution in [2.45, 2.75) is 63.5 Å². The number of nitrogens with one attached hydrogen (secondary N) is 1. The van der Waals surface area contributed by atoms with E-state index in [2.05, 4.69) is 17.1 Å². The maximum atomic E-state index is 12.5. The van der Waals surface area contributed by atoms with Gasteiger partial charge in [-0.15, -0.1) is 0 Å². The van der Waals surface area contributed by atoms with Crippen LogP contribution in [0.2, 0.25) is 0 Å². The maximum Gasteiger partial charge on any atom is 0.287 e. The third kappa shape index (κ3) is 3.34. The topological polar surface area (TPSA) is 88.6 Å². The molecule has 0 bridgehead atoms. The average Bonchev–Trinajstić information content (AvgIpc) is 3.25. The van der Waals surface area contributed by atoms with Crippen LogP contribution in [0.25, 0.3) is 0 Å². The summed E-state index contributed by atoms with van der Waals surface area (Å²) in [5.41, 5.74) is 4.60. The van der Waals surface area contributed by atoms with Crippen LogP contribution in [-0.4, -0.2) is 35.3 Å². The first kappa shape index (κ1) is 17.0. The number of likely N-dealkylation sites (tertiary alicyclic amines) is 1. The molecule has 0 spiro atoms. The van der Waals surface area contributed by atoms with E-state index in [9.17, 15) is 9.59 Å². The summed E-state index contributed by atoms with van der Waals surface area (Å²) < 4.78 is 5.79. The number of carbonyl (C=O) groups is 2. The van der Waals surface area contributed by atoms with Gasteiger partial charge in [0.25, 0.3) is 5.91 Å². The Kier molecular flexibility index (Phi) is 4.94. The van der Waals surface area contributed by atoms with Crippen LogP contribution in [-0.2, 0) is 4.79 Å². The summed E-state index contributed by atoms with van der Waals surface area (Å²) in [7, 11) is 0. The molecule has 6 nitrogen and oxygen atoms in total. The van der Waals surface area contributed by atoms with Crippen LogP contribution >= 0.6 is 0 Å². The zero-order valence-electron chi connectivity index (χ0n) is 14.3. The van der Waals surface area contributed by atoms with E-state index in [1.165, 1.54) is 19.3 Å². The predicted molar refractivity (Wildman–Crippen MR) is 90.4 cm³/mol. The van der Waals surface area contributed by atoms with Gasteiger partial charge in [-0.1, -0.05) is 19.3 Å². The predicted octanol–water partition coefficient (Wildman–Crippen LogP) is 2.35. The van der Waals surface area contributed by atoms with Gasteiger partial charge >= 0.3 is 0 Å². The summed E-state index contributed by atoms with van der Waals surface area (Å²) in [6.07, 6.45) is 6.71. The van der Waals surface area contributed by atoms with Gasteiger partial charge in [0.15, 0.2) is 5.76 Å². The molecule has 2 fully saturated rings. The Morgan fingerprint density at radius 2 is 1.83 bits per heavy atom. The summed E-state index contributed by atoms with van der Waals surface area (Å²) in [6, 6.07) is 3.71. The lowest BCUT2D eigenvalue weighted by atomic mass is 9.96. The molecule has 132 valence electrons. The molecule has 1 saturated carbocycles. The van der Waals surface area contributed by atoms with Crippen LogP contribution in [0.3, 0.4) is 0 Å². The van der Waals surface area contributed by atoms with Crippen molar-refractivity contribution in [3.05, 3.63) is 23.7 Å². The Balaban J connectivity index is 1.68. The average molecular weight is 333 g/mol. The molecule has 3 rings (SSSR count). The normalized spacial score (nSPS) is 22.2. The number of piperidine rings is 1. The molecule has 1 atom stereocenters. The van der Waals surface area contributed by atoms with Gasteiger partial charge in [-0.25, -0.2) is 0 Å². The molecular weight excluding hydrogens is 306 g/mol. The monoisotopic (exact) mass is 333 g/mol. The van der Waals surface area contributed by atoms with Crippen molar-refractivity contribution in [1.82, 2.24) is 10.2 Å². The first-order valence-corrected chi connectivity index (χ1v) is 8.98. The van der Waals surface area contributed by atoms with Gasteiger partial charge < -0.3 is 15.5 Å². The lowest BCUT2D eigenvalue weighted by Crippen LogP contribution is -2.55. The lowest BCUT2D eigenvalue weighted by molar-refractivity contribution is -0.123. The van der Waals surface area contributed by atoms with E-state index in [0.29, 0.717) is 12.8 Å². The quantitative estimate of drug-likeness (QED) is 0.866. The third-order valence-electron chi connectivity index (χ3n) is 5.48. The summed E-state index contributed by atoms with van der Waals surface area (Å²) in [4.78, 5) is 26.7. The molecule has 1 saturated heterocycles. The fraction of sp³-hybridized carbons (Fsp3) is 0.667. The smallest absolute Gasteiger partial charge is 0.287 e. The molecule has 1 aromatic heterocycles. The van der Waals surface area contributed by atoms with E-state index >= 15 is 0 Å². The van der Waals surface area contributed by atoms with Crippen LogP contribution in [0.4, 0.5) is 0 Å². The van der Waals surface area contributed by atoms with Crippen molar-refractivity contribution in [3.8, 4) is 0 Å². The highest BCUT2D eigenvalue weighted by Crippen LogP contribution is 2.30. The number of amides is 2. The number of hydrogen-bond acceptors (Lipinski definition) is 4. The minimum atomic E-state index is -0.914. The van der Waals surface area contributed by atoms with E-state index in [0.717, 1.165) is 31.7 Å². The van der Waals surface area contributed by atoms with Crippen molar-refractivity contribution in [1.29, 1.82) is 0 Å². The highest BCUT2D eigenvalue weighted by Gasteiger charge is 2.41. The fourth-order valence-electron chi connectivity index (χ4n) is 3.88. The second kappa shape index (κ2) is 6.97. The molecule has 0 unspecified atom stereocenters. The van der Waals surface area contributed by atoms with Gasteiger partial charge in [0.1, 0.15) is 11.3 Å². The number of rotatable bonds is 5. The number of furan rings is 1. The van der Waals surface area contributed by atoms with Gasteiger partial charge in [0.05, 0.1) is 6.04 Å². The molecular formula is C18H27N3O3. The van der Waals surface area contributed by atoms with E-state index < -0.39 is 11.4 Å². The zero-order valence-corrected chi connectivity index (χ0v) is 14.3. The Hall–Kier alpha value is -1.82. The van der Waals surface area contributed by atoms with Gasteiger partial charge in [0.2, 0.25) is 5.91 Å². The Morgan fingerprint density at radius 1 is 1.17 bits per heavy atom. The lowest BCUT2D eigenvalue weighted by Gasteiger charge is -2.31. The number of carbonyl (C=O) groups excluding carboxylic acids is 2. The Morgan fingerprint density at radius 3 is 2.46 bits per heavy atom. The zero-order chi connectivity index (χ0) is 17.2. The number of primary amides is 1. The minimum Gasteiger partial charge on any atom is -0.454 e. The summed E-state index contributed by atoms with van der Waals surface area (Å²) in [5.74, 6) is 0.234. The Bertz CT molecular complexity index is 598. The molecule has 0 radical (unpaired) electrons.